The van der Waals surface area contributed by atoms with Gasteiger partial charge in [-0.3, -0.25) is 28.9 Å². The van der Waals surface area contributed by atoms with Crippen LogP contribution in [0.5, 0.6) is 0 Å². The number of ketones is 1. The molecule has 3 aliphatic heterocycles. The maximum Gasteiger partial charge on any atom is 0.248 e. The summed E-state index contributed by atoms with van der Waals surface area (Å²) in [6.07, 6.45) is 7.68. The van der Waals surface area contributed by atoms with Crippen molar-refractivity contribution in [2.45, 2.75) is 77.4 Å². The molecular weight excluding hydrogens is 666 g/mol. The molecule has 0 radical (unpaired) electrons. The van der Waals surface area contributed by atoms with E-state index in [1.807, 2.05) is 12.1 Å². The van der Waals surface area contributed by atoms with E-state index in [4.69, 9.17) is 4.74 Å². The maximum absolute atomic E-state index is 14.1. The van der Waals surface area contributed by atoms with Gasteiger partial charge in [0.2, 0.25) is 11.8 Å². The first-order chi connectivity index (χ1) is 22.6. The molecule has 8 rings (SSSR count). The molecule has 4 fully saturated rings. The Morgan fingerprint density at radius 2 is 1.94 bits per heavy atom. The third-order valence-corrected chi connectivity index (χ3v) is 10.6. The van der Waals surface area contributed by atoms with Gasteiger partial charge in [-0.2, -0.15) is 5.10 Å². The number of likely N-dealkylation sites (tertiary alicyclic amines) is 2. The fourth-order valence-electron chi connectivity index (χ4n) is 7.50. The van der Waals surface area contributed by atoms with Crippen LogP contribution in [0.25, 0.3) is 22.2 Å². The largest absolute Gasteiger partial charge is 0.375 e. The Morgan fingerprint density at radius 1 is 1.13 bits per heavy atom. The first kappa shape index (κ1) is 30.2. The van der Waals surface area contributed by atoms with Crippen LogP contribution in [0, 0.1) is 12.3 Å². The van der Waals surface area contributed by atoms with Crippen LogP contribution >= 0.6 is 15.9 Å². The second-order valence-electron chi connectivity index (χ2n) is 13.5. The zero-order valence-corrected chi connectivity index (χ0v) is 27.9. The first-order valence-corrected chi connectivity index (χ1v) is 16.7. The Bertz CT molecular complexity index is 1950. The van der Waals surface area contributed by atoms with Crippen molar-refractivity contribution in [1.82, 2.24) is 39.5 Å². The van der Waals surface area contributed by atoms with Gasteiger partial charge in [0, 0.05) is 61.0 Å². The van der Waals surface area contributed by atoms with E-state index in [0.29, 0.717) is 57.4 Å². The molecule has 14 heteroatoms. The van der Waals surface area contributed by atoms with Crippen LogP contribution in [-0.4, -0.2) is 94.5 Å². The van der Waals surface area contributed by atoms with Crippen molar-refractivity contribution in [3.63, 3.8) is 0 Å². The van der Waals surface area contributed by atoms with E-state index in [1.165, 1.54) is 11.6 Å². The van der Waals surface area contributed by atoms with Crippen LogP contribution in [0.4, 0.5) is 5.82 Å². The van der Waals surface area contributed by atoms with Crippen molar-refractivity contribution >= 4 is 50.2 Å². The van der Waals surface area contributed by atoms with Gasteiger partial charge in [-0.1, -0.05) is 13.0 Å². The molecule has 1 saturated carbocycles. The molecule has 2 bridgehead atoms. The van der Waals surface area contributed by atoms with Crippen molar-refractivity contribution in [2.75, 3.05) is 18.5 Å². The van der Waals surface area contributed by atoms with Crippen LogP contribution in [-0.2, 0) is 27.4 Å². The summed E-state index contributed by atoms with van der Waals surface area (Å²) >= 11 is 3.46. The number of morpholine rings is 1. The van der Waals surface area contributed by atoms with Gasteiger partial charge in [0.15, 0.2) is 5.78 Å². The number of nitrogens with one attached hydrogen (secondary N) is 1. The lowest BCUT2D eigenvalue weighted by molar-refractivity contribution is -0.138. The van der Waals surface area contributed by atoms with E-state index in [1.54, 1.807) is 36.5 Å². The van der Waals surface area contributed by atoms with Gasteiger partial charge in [-0.25, -0.2) is 15.0 Å². The van der Waals surface area contributed by atoms with Crippen molar-refractivity contribution in [3.05, 3.63) is 58.5 Å². The van der Waals surface area contributed by atoms with E-state index in [0.717, 1.165) is 31.6 Å². The SMILES string of the molecule is CC(=O)c1nn(CC(=O)N2[C@H](C(=O)Nc3nc(Br)ccc3CN3CC4CC3CO4)C[C@@]3(C)C[C@@H]23)c2cnc(-c3cnc(C)nc3)cc12. The summed E-state index contributed by atoms with van der Waals surface area (Å²) in [6.45, 7) is 7.50. The Balaban J connectivity index is 1.04. The maximum atomic E-state index is 14.1. The first-order valence-electron chi connectivity index (χ1n) is 15.9. The van der Waals surface area contributed by atoms with Gasteiger partial charge < -0.3 is 15.0 Å². The summed E-state index contributed by atoms with van der Waals surface area (Å²) in [7, 11) is 0. The number of aromatic nitrogens is 6. The molecule has 47 heavy (non-hydrogen) atoms. The molecule has 3 saturated heterocycles. The van der Waals surface area contributed by atoms with E-state index in [2.05, 4.69) is 58.1 Å². The highest BCUT2D eigenvalue weighted by molar-refractivity contribution is 9.10. The molecule has 4 aliphatic rings. The lowest BCUT2D eigenvalue weighted by Gasteiger charge is -2.28. The average Bonchev–Trinajstić information content (AvgIpc) is 3.50. The smallest absolute Gasteiger partial charge is 0.248 e. The fraction of sp³-hybridized carbons (Fsp3) is 0.455. The number of carbonyl (C=O) groups excluding carboxylic acids is 3. The summed E-state index contributed by atoms with van der Waals surface area (Å²) in [5, 5.41) is 8.21. The minimum absolute atomic E-state index is 0.0405. The van der Waals surface area contributed by atoms with Crippen molar-refractivity contribution in [1.29, 1.82) is 0 Å². The molecule has 0 aromatic carbocycles. The lowest BCUT2D eigenvalue weighted by Crippen LogP contribution is -2.47. The Morgan fingerprint density at radius 3 is 2.66 bits per heavy atom. The number of halogens is 1. The van der Waals surface area contributed by atoms with E-state index < -0.39 is 6.04 Å². The second kappa shape index (κ2) is 11.2. The third kappa shape index (κ3) is 5.41. The van der Waals surface area contributed by atoms with E-state index in [-0.39, 0.29) is 47.4 Å². The van der Waals surface area contributed by atoms with E-state index in [9.17, 15) is 14.4 Å². The minimum Gasteiger partial charge on any atom is -0.375 e. The lowest BCUT2D eigenvalue weighted by atomic mass is 10.0. The number of carbonyl (C=O) groups is 3. The molecular formula is C33H34BrN9O4. The highest BCUT2D eigenvalue weighted by Gasteiger charge is 2.64. The van der Waals surface area contributed by atoms with E-state index >= 15 is 0 Å². The highest BCUT2D eigenvalue weighted by atomic mass is 79.9. The molecule has 7 heterocycles. The fourth-order valence-corrected chi connectivity index (χ4v) is 7.81. The monoisotopic (exact) mass is 699 g/mol. The summed E-state index contributed by atoms with van der Waals surface area (Å²) < 4.78 is 7.90. The van der Waals surface area contributed by atoms with Crippen LogP contribution in [0.2, 0.25) is 0 Å². The van der Waals surface area contributed by atoms with Crippen LogP contribution < -0.4 is 5.32 Å². The molecule has 2 amide bonds. The molecule has 5 atom stereocenters. The minimum atomic E-state index is -0.656. The van der Waals surface area contributed by atoms with Gasteiger partial charge in [0.05, 0.1) is 30.1 Å². The van der Waals surface area contributed by atoms with Gasteiger partial charge in [0.1, 0.15) is 34.5 Å². The van der Waals surface area contributed by atoms with Gasteiger partial charge in [-0.15, -0.1) is 0 Å². The molecule has 2 unspecified atom stereocenters. The van der Waals surface area contributed by atoms with Gasteiger partial charge in [0.25, 0.3) is 0 Å². The Kier molecular flexibility index (Phi) is 7.22. The number of hydrogen-bond acceptors (Lipinski definition) is 10. The number of amides is 2. The summed E-state index contributed by atoms with van der Waals surface area (Å²) in [5.41, 5.74) is 2.92. The normalized spacial score (nSPS) is 26.2. The quantitative estimate of drug-likeness (QED) is 0.214. The Labute approximate surface area is 279 Å². The summed E-state index contributed by atoms with van der Waals surface area (Å²) in [4.78, 5) is 62.4. The molecule has 242 valence electrons. The van der Waals surface area contributed by atoms with Crippen LogP contribution in [0.15, 0.2) is 41.4 Å². The molecule has 4 aromatic heterocycles. The number of pyridine rings is 2. The zero-order valence-electron chi connectivity index (χ0n) is 26.3. The van der Waals surface area contributed by atoms with Gasteiger partial charge >= 0.3 is 0 Å². The molecule has 1 N–H and O–H groups in total. The zero-order chi connectivity index (χ0) is 32.6. The number of Topliss-reactive ketones (excluding diaryl/α,β-unsaturated/α-hetero) is 1. The Hall–Kier alpha value is -4.14. The number of anilines is 1. The number of rotatable bonds is 8. The van der Waals surface area contributed by atoms with Crippen molar-refractivity contribution < 1.29 is 19.1 Å². The number of hydrogen-bond donors (Lipinski definition) is 1. The third-order valence-electron chi connectivity index (χ3n) is 10.1. The number of aryl methyl sites for hydroxylation is 1. The molecule has 0 spiro atoms. The topological polar surface area (TPSA) is 148 Å². The predicted octanol–water partition coefficient (Wildman–Crippen LogP) is 3.55. The van der Waals surface area contributed by atoms with Gasteiger partial charge in [-0.05, 0) is 59.7 Å². The van der Waals surface area contributed by atoms with Crippen LogP contribution in [0.3, 0.4) is 0 Å². The van der Waals surface area contributed by atoms with Crippen LogP contribution in [0.1, 0.15) is 55.0 Å². The standard InChI is InChI=1S/C33H34BrN9O4/c1-17(44)30-23-7-24(20-10-35-18(2)36-11-20)37-12-26(23)42(40-30)15-29(45)43-25(8-33(3)9-27(33)43)32(46)39-31-19(4-5-28(34)38-31)13-41-14-22-6-21(41)16-47-22/h4-5,7,10-12,21-22,25,27H,6,8-9,13-16H2,1-3H3,(H,38,39,46)/t21?,22?,25-,27+,33-/m0/s1. The predicted molar refractivity (Wildman–Crippen MR) is 174 cm³/mol. The number of piperidine rings is 1. The molecule has 1 aliphatic carbocycles. The van der Waals surface area contributed by atoms with Crippen molar-refractivity contribution in [2.24, 2.45) is 5.41 Å². The molecule has 13 nitrogen and oxygen atoms in total. The average molecular weight is 701 g/mol. The van der Waals surface area contributed by atoms with Crippen molar-refractivity contribution in [3.8, 4) is 11.3 Å². The molecule has 4 aromatic rings. The highest BCUT2D eigenvalue weighted by Crippen LogP contribution is 2.59. The number of fused-ring (bicyclic) bond motifs is 4. The number of ether oxygens (including phenoxy) is 1. The summed E-state index contributed by atoms with van der Waals surface area (Å²) in [6, 6.07) is 5.32. The number of nitrogens with zero attached hydrogens (tertiary/aromatic N) is 8. The summed E-state index contributed by atoms with van der Waals surface area (Å²) in [5.74, 6) is 0.423. The second-order valence-corrected chi connectivity index (χ2v) is 14.3.